The molecule has 0 radical (unpaired) electrons. The number of piperazine rings is 1. The molecule has 35 heavy (non-hydrogen) atoms. The lowest BCUT2D eigenvalue weighted by Gasteiger charge is -2.34. The quantitative estimate of drug-likeness (QED) is 0.434. The van der Waals surface area contributed by atoms with Crippen molar-refractivity contribution in [1.29, 1.82) is 0 Å². The minimum Gasteiger partial charge on any atom is -0.497 e. The fourth-order valence-corrected chi connectivity index (χ4v) is 4.11. The highest BCUT2D eigenvalue weighted by molar-refractivity contribution is 5.75. The van der Waals surface area contributed by atoms with E-state index in [4.69, 9.17) is 13.7 Å². The molecule has 1 unspecified atom stereocenters. The number of nitrogens with zero attached hydrogens (tertiary/aromatic N) is 4. The van der Waals surface area contributed by atoms with Gasteiger partial charge in [-0.3, -0.25) is 4.90 Å². The molecule has 9 nitrogen and oxygen atoms in total. The summed E-state index contributed by atoms with van der Waals surface area (Å²) in [7, 11) is 1.63. The Balaban J connectivity index is 1.16. The second-order valence-corrected chi connectivity index (χ2v) is 8.31. The molecule has 1 aliphatic rings. The number of benzene rings is 2. The Morgan fingerprint density at radius 3 is 2.49 bits per heavy atom. The third-order valence-electron chi connectivity index (χ3n) is 6.06. The molecule has 0 bridgehead atoms. The van der Waals surface area contributed by atoms with Gasteiger partial charge in [-0.2, -0.15) is 4.98 Å². The van der Waals surface area contributed by atoms with Crippen LogP contribution in [0.5, 0.6) is 5.75 Å². The van der Waals surface area contributed by atoms with Gasteiger partial charge in [0.25, 0.3) is 0 Å². The van der Waals surface area contributed by atoms with Crippen molar-refractivity contribution >= 4 is 6.03 Å². The van der Waals surface area contributed by atoms with Crippen LogP contribution in [0.4, 0.5) is 4.79 Å². The number of nitrogens with one attached hydrogen (secondary N) is 1. The zero-order valence-corrected chi connectivity index (χ0v) is 19.5. The van der Waals surface area contributed by atoms with Gasteiger partial charge in [0.2, 0.25) is 11.7 Å². The summed E-state index contributed by atoms with van der Waals surface area (Å²) in [5.41, 5.74) is 1.84. The normalized spacial score (nSPS) is 15.1. The van der Waals surface area contributed by atoms with Gasteiger partial charge >= 0.3 is 6.03 Å². The molecule has 1 atom stereocenters. The standard InChI is InChI=1S/C26H27N5O4/c1-33-21-11-9-20(10-12-21)25-27-23(35-29-25)18-30-13-15-31(16-14-30)26(32)28-24(22-8-5-17-34-22)19-6-3-2-4-7-19/h2-12,17,24H,13-16,18H2,1H3,(H,28,32). The minimum absolute atomic E-state index is 0.116. The number of urea groups is 1. The third kappa shape index (κ3) is 5.36. The van der Waals surface area contributed by atoms with Crippen LogP contribution in [0.15, 0.2) is 81.9 Å². The van der Waals surface area contributed by atoms with Gasteiger partial charge in [-0.25, -0.2) is 4.79 Å². The Morgan fingerprint density at radius 2 is 1.80 bits per heavy atom. The highest BCUT2D eigenvalue weighted by Crippen LogP contribution is 2.23. The largest absolute Gasteiger partial charge is 0.497 e. The first kappa shape index (κ1) is 22.7. The average Bonchev–Trinajstić information content (AvgIpc) is 3.61. The molecule has 1 saturated heterocycles. The molecule has 2 aromatic heterocycles. The number of aromatic nitrogens is 2. The van der Waals surface area contributed by atoms with Crippen LogP contribution < -0.4 is 10.1 Å². The lowest BCUT2D eigenvalue weighted by atomic mass is 10.0. The molecule has 2 aromatic carbocycles. The van der Waals surface area contributed by atoms with Gasteiger partial charge in [0, 0.05) is 31.7 Å². The highest BCUT2D eigenvalue weighted by atomic mass is 16.5. The van der Waals surface area contributed by atoms with Crippen LogP contribution in [0.3, 0.4) is 0 Å². The van der Waals surface area contributed by atoms with Gasteiger partial charge in [-0.05, 0) is 42.0 Å². The topological polar surface area (TPSA) is 96.9 Å². The third-order valence-corrected chi connectivity index (χ3v) is 6.06. The van der Waals surface area contributed by atoms with Gasteiger partial charge in [0.05, 0.1) is 19.9 Å². The van der Waals surface area contributed by atoms with E-state index in [1.54, 1.807) is 13.4 Å². The van der Waals surface area contributed by atoms with Crippen molar-refractivity contribution in [2.24, 2.45) is 0 Å². The first-order valence-electron chi connectivity index (χ1n) is 11.5. The maximum absolute atomic E-state index is 13.1. The SMILES string of the molecule is COc1ccc(-c2noc(CN3CCN(C(=O)NC(c4ccccc4)c4ccco4)CC3)n2)cc1. The summed E-state index contributed by atoms with van der Waals surface area (Å²) in [5.74, 6) is 2.58. The number of carbonyl (C=O) groups excluding carboxylic acids is 1. The zero-order chi connectivity index (χ0) is 24.0. The van der Waals surface area contributed by atoms with Gasteiger partial charge in [-0.1, -0.05) is 35.5 Å². The van der Waals surface area contributed by atoms with Crippen molar-refractivity contribution in [3.8, 4) is 17.1 Å². The molecule has 1 fully saturated rings. The second kappa shape index (κ2) is 10.4. The minimum atomic E-state index is -0.341. The summed E-state index contributed by atoms with van der Waals surface area (Å²) in [6, 6.07) is 20.6. The molecule has 9 heteroatoms. The van der Waals surface area contributed by atoms with Gasteiger partial charge < -0.3 is 23.9 Å². The maximum atomic E-state index is 13.1. The van der Waals surface area contributed by atoms with Crippen molar-refractivity contribution in [3.63, 3.8) is 0 Å². The number of amides is 2. The van der Waals surface area contributed by atoms with E-state index in [0.29, 0.717) is 50.2 Å². The van der Waals surface area contributed by atoms with Crippen molar-refractivity contribution in [2.75, 3.05) is 33.3 Å². The summed E-state index contributed by atoms with van der Waals surface area (Å²) < 4.78 is 16.2. The number of ether oxygens (including phenoxy) is 1. The molecule has 0 spiro atoms. The Morgan fingerprint density at radius 1 is 1.03 bits per heavy atom. The van der Waals surface area contributed by atoms with Crippen molar-refractivity contribution < 1.29 is 18.5 Å². The van der Waals surface area contributed by atoms with Crippen LogP contribution in [-0.4, -0.2) is 59.3 Å². The van der Waals surface area contributed by atoms with E-state index in [-0.39, 0.29) is 12.1 Å². The Labute approximate surface area is 203 Å². The lowest BCUT2D eigenvalue weighted by Crippen LogP contribution is -2.52. The van der Waals surface area contributed by atoms with Gasteiger partial charge in [0.1, 0.15) is 17.6 Å². The number of hydrogen-bond donors (Lipinski definition) is 1. The van der Waals surface area contributed by atoms with E-state index >= 15 is 0 Å². The first-order chi connectivity index (χ1) is 17.2. The van der Waals surface area contributed by atoms with Crippen molar-refractivity contribution in [3.05, 3.63) is 90.2 Å². The first-order valence-corrected chi connectivity index (χ1v) is 11.5. The van der Waals surface area contributed by atoms with E-state index in [0.717, 1.165) is 16.9 Å². The van der Waals surface area contributed by atoms with Crippen LogP contribution in [0, 0.1) is 0 Å². The predicted octanol–water partition coefficient (Wildman–Crippen LogP) is 3.96. The molecule has 0 aliphatic carbocycles. The van der Waals surface area contributed by atoms with Crippen molar-refractivity contribution in [2.45, 2.75) is 12.6 Å². The summed E-state index contributed by atoms with van der Waals surface area (Å²) >= 11 is 0. The molecule has 4 aromatic rings. The van der Waals surface area contributed by atoms with Gasteiger partial charge in [0.15, 0.2) is 0 Å². The Hall–Kier alpha value is -4.11. The Kier molecular flexibility index (Phi) is 6.76. The van der Waals surface area contributed by atoms with Crippen LogP contribution in [-0.2, 0) is 6.54 Å². The van der Waals surface area contributed by atoms with E-state index in [1.165, 1.54) is 0 Å². The second-order valence-electron chi connectivity index (χ2n) is 8.31. The molecule has 1 N–H and O–H groups in total. The Bertz CT molecular complexity index is 1220. The summed E-state index contributed by atoms with van der Waals surface area (Å²) in [6.07, 6.45) is 1.62. The summed E-state index contributed by atoms with van der Waals surface area (Å²) in [4.78, 5) is 21.6. The molecule has 180 valence electrons. The highest BCUT2D eigenvalue weighted by Gasteiger charge is 2.26. The molecule has 0 saturated carbocycles. The number of methoxy groups -OCH3 is 1. The van der Waals surface area contributed by atoms with Crippen LogP contribution >= 0.6 is 0 Å². The van der Waals surface area contributed by atoms with E-state index in [9.17, 15) is 4.79 Å². The number of rotatable bonds is 7. The smallest absolute Gasteiger partial charge is 0.318 e. The molecule has 5 rings (SSSR count). The fraction of sp³-hybridized carbons (Fsp3) is 0.269. The van der Waals surface area contributed by atoms with E-state index < -0.39 is 0 Å². The summed E-state index contributed by atoms with van der Waals surface area (Å²) in [6.45, 7) is 3.17. The fourth-order valence-electron chi connectivity index (χ4n) is 4.11. The molecule has 2 amide bonds. The number of hydrogen-bond acceptors (Lipinski definition) is 7. The predicted molar refractivity (Wildman–Crippen MR) is 129 cm³/mol. The van der Waals surface area contributed by atoms with Crippen molar-refractivity contribution in [1.82, 2.24) is 25.3 Å². The number of carbonyl (C=O) groups is 1. The average molecular weight is 474 g/mol. The summed E-state index contributed by atoms with van der Waals surface area (Å²) in [5, 5.41) is 7.22. The zero-order valence-electron chi connectivity index (χ0n) is 19.5. The lowest BCUT2D eigenvalue weighted by molar-refractivity contribution is 0.125. The van der Waals surface area contributed by atoms with Crippen LogP contribution in [0.1, 0.15) is 23.3 Å². The molecular weight excluding hydrogens is 446 g/mol. The molecular formula is C26H27N5O4. The number of furan rings is 1. The van der Waals surface area contributed by atoms with Gasteiger partial charge in [-0.15, -0.1) is 0 Å². The molecule has 3 heterocycles. The monoisotopic (exact) mass is 473 g/mol. The molecule has 1 aliphatic heterocycles. The maximum Gasteiger partial charge on any atom is 0.318 e. The van der Waals surface area contributed by atoms with Crippen LogP contribution in [0.2, 0.25) is 0 Å². The van der Waals surface area contributed by atoms with E-state index in [1.807, 2.05) is 71.6 Å². The van der Waals surface area contributed by atoms with E-state index in [2.05, 4.69) is 20.4 Å². The van der Waals surface area contributed by atoms with Crippen LogP contribution in [0.25, 0.3) is 11.4 Å².